The van der Waals surface area contributed by atoms with E-state index in [1.54, 1.807) is 12.1 Å². The molecule has 3 rings (SSSR count). The van der Waals surface area contributed by atoms with Crippen molar-refractivity contribution < 1.29 is 9.18 Å². The Hall–Kier alpha value is -1.68. The van der Waals surface area contributed by atoms with E-state index in [4.69, 9.17) is 0 Å². The van der Waals surface area contributed by atoms with Gasteiger partial charge in [0.25, 0.3) is 0 Å². The lowest BCUT2D eigenvalue weighted by molar-refractivity contribution is -0.131. The average molecular weight is 274 g/mol. The first-order chi connectivity index (χ1) is 9.71. The molecule has 0 saturated carbocycles. The Bertz CT molecular complexity index is 526. The van der Waals surface area contributed by atoms with Crippen LogP contribution in [0, 0.1) is 5.82 Å². The lowest BCUT2D eigenvalue weighted by Crippen LogP contribution is -2.54. The first kappa shape index (κ1) is 13.3. The van der Waals surface area contributed by atoms with E-state index >= 15 is 0 Å². The first-order valence-electron chi connectivity index (χ1n) is 7.13. The van der Waals surface area contributed by atoms with Crippen LogP contribution in [0.25, 0.3) is 0 Å². The highest BCUT2D eigenvalue weighted by molar-refractivity contribution is 5.87. The Morgan fingerprint density at radius 2 is 2.05 bits per heavy atom. The van der Waals surface area contributed by atoms with Crippen molar-refractivity contribution in [3.8, 4) is 0 Å². The average Bonchev–Trinajstić information content (AvgIpc) is 2.75. The van der Waals surface area contributed by atoms with Crippen molar-refractivity contribution in [1.29, 1.82) is 0 Å². The molecule has 3 nitrogen and oxygen atoms in total. The molecule has 106 valence electrons. The third kappa shape index (κ3) is 2.36. The molecule has 0 radical (unpaired) electrons. The second-order valence-electron chi connectivity index (χ2n) is 5.57. The van der Waals surface area contributed by atoms with Crippen molar-refractivity contribution in [2.45, 2.75) is 31.3 Å². The third-order valence-corrected chi connectivity index (χ3v) is 4.34. The molecule has 1 aromatic carbocycles. The maximum absolute atomic E-state index is 13.0. The van der Waals surface area contributed by atoms with E-state index in [0.29, 0.717) is 13.1 Å². The maximum Gasteiger partial charge on any atom is 0.241 e. The van der Waals surface area contributed by atoms with Gasteiger partial charge in [-0.3, -0.25) is 9.69 Å². The molecule has 1 amide bonds. The van der Waals surface area contributed by atoms with Crippen LogP contribution in [0.1, 0.15) is 24.8 Å². The molecule has 1 saturated heterocycles. The van der Waals surface area contributed by atoms with Crippen LogP contribution >= 0.6 is 0 Å². The summed E-state index contributed by atoms with van der Waals surface area (Å²) in [6.07, 6.45) is 6.80. The predicted octanol–water partition coefficient (Wildman–Crippen LogP) is 2.24. The van der Waals surface area contributed by atoms with Crippen LogP contribution in [-0.4, -0.2) is 29.4 Å². The Morgan fingerprint density at radius 3 is 2.85 bits per heavy atom. The van der Waals surface area contributed by atoms with E-state index in [1.807, 2.05) is 6.08 Å². The summed E-state index contributed by atoms with van der Waals surface area (Å²) < 4.78 is 13.0. The van der Waals surface area contributed by atoms with Gasteiger partial charge < -0.3 is 5.32 Å². The summed E-state index contributed by atoms with van der Waals surface area (Å²) in [6.45, 7) is 2.23. The van der Waals surface area contributed by atoms with Gasteiger partial charge in [0.05, 0.1) is 0 Å². The van der Waals surface area contributed by atoms with E-state index in [-0.39, 0.29) is 11.7 Å². The Kier molecular flexibility index (Phi) is 3.57. The number of likely N-dealkylation sites (tertiary alicyclic amines) is 1. The second kappa shape index (κ2) is 5.37. The fraction of sp³-hybridized carbons (Fsp3) is 0.438. The van der Waals surface area contributed by atoms with E-state index in [2.05, 4.69) is 16.3 Å². The summed E-state index contributed by atoms with van der Waals surface area (Å²) in [5, 5.41) is 2.97. The smallest absolute Gasteiger partial charge is 0.241 e. The van der Waals surface area contributed by atoms with Crippen LogP contribution in [0.2, 0.25) is 0 Å². The molecule has 2 aliphatic rings. The van der Waals surface area contributed by atoms with Crippen molar-refractivity contribution in [2.24, 2.45) is 0 Å². The molecule has 2 heterocycles. The number of amides is 1. The topological polar surface area (TPSA) is 32.3 Å². The van der Waals surface area contributed by atoms with E-state index in [0.717, 1.165) is 31.4 Å². The van der Waals surface area contributed by atoms with Gasteiger partial charge in [-0.15, -0.1) is 0 Å². The minimum absolute atomic E-state index is 0.127. The molecular weight excluding hydrogens is 255 g/mol. The maximum atomic E-state index is 13.0. The van der Waals surface area contributed by atoms with Crippen LogP contribution in [-0.2, 0) is 11.3 Å². The van der Waals surface area contributed by atoms with Gasteiger partial charge in [-0.05, 0) is 43.5 Å². The number of halogens is 1. The summed E-state index contributed by atoms with van der Waals surface area (Å²) in [6, 6.07) is 6.55. The van der Waals surface area contributed by atoms with Gasteiger partial charge in [-0.2, -0.15) is 0 Å². The molecule has 1 atom stereocenters. The van der Waals surface area contributed by atoms with Gasteiger partial charge >= 0.3 is 0 Å². The number of hydrogen-bond donors (Lipinski definition) is 1. The minimum atomic E-state index is -0.415. The van der Waals surface area contributed by atoms with E-state index < -0.39 is 5.54 Å². The molecule has 1 unspecified atom stereocenters. The number of carbonyl (C=O) groups is 1. The Balaban J connectivity index is 1.82. The molecule has 0 aromatic heterocycles. The fourth-order valence-corrected chi connectivity index (χ4v) is 3.23. The van der Waals surface area contributed by atoms with Crippen LogP contribution in [0.4, 0.5) is 4.39 Å². The van der Waals surface area contributed by atoms with E-state index in [1.165, 1.54) is 12.1 Å². The minimum Gasteiger partial charge on any atom is -0.351 e. The van der Waals surface area contributed by atoms with E-state index in [9.17, 15) is 9.18 Å². The standard InChI is InChI=1S/C16H19FN2O/c17-14-6-4-13(5-7-14)12-19-11-3-9-16(19)8-1-2-10-18-15(16)20/h1-2,4-7H,3,8-12H2,(H,18,20). The van der Waals surface area contributed by atoms with Crippen molar-refractivity contribution in [3.63, 3.8) is 0 Å². The molecule has 1 spiro atoms. The second-order valence-corrected chi connectivity index (χ2v) is 5.57. The highest BCUT2D eigenvalue weighted by atomic mass is 19.1. The third-order valence-electron chi connectivity index (χ3n) is 4.34. The van der Waals surface area contributed by atoms with Gasteiger partial charge in [0.2, 0.25) is 5.91 Å². The lowest BCUT2D eigenvalue weighted by Gasteiger charge is -2.35. The number of benzene rings is 1. The highest BCUT2D eigenvalue weighted by Gasteiger charge is 2.46. The Morgan fingerprint density at radius 1 is 1.25 bits per heavy atom. The molecule has 1 fully saturated rings. The zero-order chi connectivity index (χ0) is 14.0. The van der Waals surface area contributed by atoms with Crippen LogP contribution in [0.15, 0.2) is 36.4 Å². The molecule has 20 heavy (non-hydrogen) atoms. The van der Waals surface area contributed by atoms with Gasteiger partial charge in [-0.25, -0.2) is 4.39 Å². The quantitative estimate of drug-likeness (QED) is 0.839. The predicted molar refractivity (Wildman–Crippen MR) is 75.5 cm³/mol. The zero-order valence-corrected chi connectivity index (χ0v) is 11.4. The van der Waals surface area contributed by atoms with Gasteiger partial charge in [-0.1, -0.05) is 24.3 Å². The summed E-state index contributed by atoms with van der Waals surface area (Å²) in [5.41, 5.74) is 0.634. The van der Waals surface area contributed by atoms with Crippen molar-refractivity contribution >= 4 is 5.91 Å². The van der Waals surface area contributed by atoms with Crippen molar-refractivity contribution in [2.75, 3.05) is 13.1 Å². The van der Waals surface area contributed by atoms with Crippen LogP contribution in [0.5, 0.6) is 0 Å². The number of nitrogens with zero attached hydrogens (tertiary/aromatic N) is 1. The van der Waals surface area contributed by atoms with Gasteiger partial charge in [0.1, 0.15) is 11.4 Å². The van der Waals surface area contributed by atoms with Gasteiger partial charge in [0.15, 0.2) is 0 Å². The number of rotatable bonds is 2. The Labute approximate surface area is 118 Å². The lowest BCUT2D eigenvalue weighted by atomic mass is 9.90. The zero-order valence-electron chi connectivity index (χ0n) is 11.4. The van der Waals surface area contributed by atoms with Crippen LogP contribution in [0.3, 0.4) is 0 Å². The number of carbonyl (C=O) groups excluding carboxylic acids is 1. The van der Waals surface area contributed by atoms with Crippen LogP contribution < -0.4 is 5.32 Å². The monoisotopic (exact) mass is 274 g/mol. The molecule has 1 aromatic rings. The van der Waals surface area contributed by atoms with Crippen molar-refractivity contribution in [3.05, 3.63) is 47.8 Å². The molecular formula is C16H19FN2O. The largest absolute Gasteiger partial charge is 0.351 e. The highest BCUT2D eigenvalue weighted by Crippen LogP contribution is 2.35. The first-order valence-corrected chi connectivity index (χ1v) is 7.13. The number of nitrogens with one attached hydrogen (secondary N) is 1. The fourth-order valence-electron chi connectivity index (χ4n) is 3.23. The van der Waals surface area contributed by atoms with Gasteiger partial charge in [0, 0.05) is 13.1 Å². The summed E-state index contributed by atoms with van der Waals surface area (Å²) in [4.78, 5) is 14.7. The summed E-state index contributed by atoms with van der Waals surface area (Å²) >= 11 is 0. The SMILES string of the molecule is O=C1NCC=CCC12CCCN2Cc1ccc(F)cc1. The van der Waals surface area contributed by atoms with Crippen molar-refractivity contribution in [1.82, 2.24) is 10.2 Å². The summed E-state index contributed by atoms with van der Waals surface area (Å²) in [5.74, 6) is -0.0952. The molecule has 2 aliphatic heterocycles. The number of hydrogen-bond acceptors (Lipinski definition) is 2. The summed E-state index contributed by atoms with van der Waals surface area (Å²) in [7, 11) is 0. The molecule has 0 bridgehead atoms. The molecule has 0 aliphatic carbocycles. The molecule has 1 N–H and O–H groups in total. The normalized spacial score (nSPS) is 26.8. The molecule has 4 heteroatoms.